The monoisotopic (exact) mass is 553 g/mol. The molecule has 14 heteroatoms. The fourth-order valence-corrected chi connectivity index (χ4v) is 4.63. The summed E-state index contributed by atoms with van der Waals surface area (Å²) < 4.78 is 96.0. The third-order valence-corrected chi connectivity index (χ3v) is 6.56. The van der Waals surface area contributed by atoms with Crippen molar-refractivity contribution in [2.24, 2.45) is 0 Å². The number of ether oxygens (including phenoxy) is 1. The van der Waals surface area contributed by atoms with Gasteiger partial charge in [-0.1, -0.05) is 6.07 Å². The molecule has 0 amide bonds. The first kappa shape index (κ1) is 27.0. The number of nitrogens with zero attached hydrogens (tertiary/aromatic N) is 3. The average molecular weight is 554 g/mol. The summed E-state index contributed by atoms with van der Waals surface area (Å²) in [7, 11) is -2.43. The Labute approximate surface area is 213 Å². The number of methoxy groups -OCH3 is 1. The molecule has 0 saturated heterocycles. The van der Waals surface area contributed by atoms with Crippen LogP contribution in [-0.2, 0) is 16.3 Å². The molecule has 0 aliphatic rings. The first-order chi connectivity index (χ1) is 17.7. The van der Waals surface area contributed by atoms with Crippen molar-refractivity contribution in [3.8, 4) is 17.0 Å². The number of hydrogen-bond donors (Lipinski definition) is 2. The van der Waals surface area contributed by atoms with Crippen LogP contribution in [0.4, 0.5) is 33.7 Å². The number of rotatable bonds is 7. The van der Waals surface area contributed by atoms with Gasteiger partial charge in [0.1, 0.15) is 28.2 Å². The van der Waals surface area contributed by atoms with E-state index in [0.29, 0.717) is 16.7 Å². The summed E-state index contributed by atoms with van der Waals surface area (Å²) in [6, 6.07) is 9.01. The van der Waals surface area contributed by atoms with Crippen molar-refractivity contribution in [1.82, 2.24) is 15.0 Å². The van der Waals surface area contributed by atoms with Gasteiger partial charge in [0.05, 0.1) is 12.8 Å². The summed E-state index contributed by atoms with van der Waals surface area (Å²) in [5.74, 6) is -2.70. The second-order valence-corrected chi connectivity index (χ2v) is 10.3. The number of fused-ring (bicyclic) bond motifs is 1. The van der Waals surface area contributed by atoms with Crippen molar-refractivity contribution in [2.45, 2.75) is 17.5 Å². The van der Waals surface area contributed by atoms with Gasteiger partial charge in [-0.2, -0.15) is 18.2 Å². The minimum atomic E-state index is -4.58. The molecule has 0 aliphatic heterocycles. The highest BCUT2D eigenvalue weighted by molar-refractivity contribution is 7.90. The molecule has 0 radical (unpaired) electrons. The van der Waals surface area contributed by atoms with Crippen LogP contribution in [-0.4, -0.2) is 49.5 Å². The predicted octanol–water partition coefficient (Wildman–Crippen LogP) is 4.53. The molecule has 0 saturated carbocycles. The SMILES string of the molecule is COc1ccc(-c2cc(Cc3ccc(F)c(F)c3)c3nc(N)nc(NCC(F)(F)F)c3n2)cc1S(C)(=O)=O. The van der Waals surface area contributed by atoms with E-state index in [9.17, 15) is 30.4 Å². The average Bonchev–Trinajstić information content (AvgIpc) is 2.83. The van der Waals surface area contributed by atoms with E-state index >= 15 is 0 Å². The van der Waals surface area contributed by atoms with Crippen molar-refractivity contribution in [3.05, 3.63) is 65.2 Å². The molecule has 38 heavy (non-hydrogen) atoms. The van der Waals surface area contributed by atoms with Gasteiger partial charge in [0.15, 0.2) is 27.3 Å². The Bertz CT molecular complexity index is 1650. The second-order valence-electron chi connectivity index (χ2n) is 8.33. The van der Waals surface area contributed by atoms with E-state index in [2.05, 4.69) is 20.3 Å². The molecule has 8 nitrogen and oxygen atoms in total. The molecule has 0 fully saturated rings. The largest absolute Gasteiger partial charge is 0.495 e. The van der Waals surface area contributed by atoms with Crippen LogP contribution in [0.1, 0.15) is 11.1 Å². The number of sulfone groups is 1. The third-order valence-electron chi connectivity index (χ3n) is 5.44. The molecular formula is C24H20F5N5O3S. The number of halogens is 5. The van der Waals surface area contributed by atoms with Gasteiger partial charge in [-0.15, -0.1) is 0 Å². The van der Waals surface area contributed by atoms with E-state index in [1.807, 2.05) is 0 Å². The van der Waals surface area contributed by atoms with Gasteiger partial charge in [0.25, 0.3) is 0 Å². The topological polar surface area (TPSA) is 120 Å². The Morgan fingerprint density at radius 2 is 1.71 bits per heavy atom. The maximum absolute atomic E-state index is 13.9. The first-order valence-corrected chi connectivity index (χ1v) is 12.7. The lowest BCUT2D eigenvalue weighted by molar-refractivity contribution is -0.115. The summed E-state index contributed by atoms with van der Waals surface area (Å²) in [4.78, 5) is 12.3. The summed E-state index contributed by atoms with van der Waals surface area (Å²) in [6.45, 7) is -1.44. The van der Waals surface area contributed by atoms with Crippen LogP contribution < -0.4 is 15.8 Å². The highest BCUT2D eigenvalue weighted by atomic mass is 32.2. The highest BCUT2D eigenvalue weighted by Crippen LogP contribution is 2.33. The molecule has 0 spiro atoms. The van der Waals surface area contributed by atoms with E-state index in [-0.39, 0.29) is 45.6 Å². The summed E-state index contributed by atoms with van der Waals surface area (Å²) in [5, 5.41) is 2.16. The fourth-order valence-electron chi connectivity index (χ4n) is 3.77. The summed E-state index contributed by atoms with van der Waals surface area (Å²) >= 11 is 0. The second kappa shape index (κ2) is 10.0. The molecule has 3 N–H and O–H groups in total. The van der Waals surface area contributed by atoms with E-state index < -0.39 is 34.2 Å². The van der Waals surface area contributed by atoms with Gasteiger partial charge in [-0.3, -0.25) is 0 Å². The first-order valence-electron chi connectivity index (χ1n) is 10.9. The molecule has 2 aromatic carbocycles. The standard InChI is InChI=1S/C24H20F5N5O3S/c1-37-18-6-4-13(10-19(18)38(2,35)36)17-9-14(7-12-3-5-15(25)16(26)8-12)20-21(32-17)22(34-23(30)33-20)31-11-24(27,28)29/h3-6,8-10H,7,11H2,1-2H3,(H3,30,31,33,34). The molecular weight excluding hydrogens is 533 g/mol. The highest BCUT2D eigenvalue weighted by Gasteiger charge is 2.28. The van der Waals surface area contributed by atoms with E-state index in [1.54, 1.807) is 0 Å². The molecule has 200 valence electrons. The third kappa shape index (κ3) is 5.90. The van der Waals surface area contributed by atoms with Crippen molar-refractivity contribution in [2.75, 3.05) is 31.0 Å². The predicted molar refractivity (Wildman–Crippen MR) is 131 cm³/mol. The Kier molecular flexibility index (Phi) is 7.10. The minimum Gasteiger partial charge on any atom is -0.495 e. The lowest BCUT2D eigenvalue weighted by Gasteiger charge is -2.15. The van der Waals surface area contributed by atoms with Gasteiger partial charge in [-0.25, -0.2) is 27.2 Å². The van der Waals surface area contributed by atoms with Crippen molar-refractivity contribution in [3.63, 3.8) is 0 Å². The number of pyridine rings is 1. The van der Waals surface area contributed by atoms with Crippen LogP contribution in [0, 0.1) is 11.6 Å². The number of nitrogen functional groups attached to an aromatic ring is 1. The normalized spacial score (nSPS) is 12.1. The van der Waals surface area contributed by atoms with Crippen LogP contribution in [0.2, 0.25) is 0 Å². The number of anilines is 2. The van der Waals surface area contributed by atoms with Crippen LogP contribution in [0.15, 0.2) is 47.4 Å². The smallest absolute Gasteiger partial charge is 0.405 e. The molecule has 0 aliphatic carbocycles. The number of nitrogens with two attached hydrogens (primary N) is 1. The zero-order chi connectivity index (χ0) is 27.8. The molecule has 0 unspecified atom stereocenters. The van der Waals surface area contributed by atoms with Gasteiger partial charge >= 0.3 is 6.18 Å². The van der Waals surface area contributed by atoms with Crippen LogP contribution in [0.25, 0.3) is 22.3 Å². The fraction of sp³-hybridized carbons (Fsp3) is 0.208. The van der Waals surface area contributed by atoms with Gasteiger partial charge in [0, 0.05) is 11.8 Å². The minimum absolute atomic E-state index is 0.0343. The quantitative estimate of drug-likeness (QED) is 0.321. The number of aromatic nitrogens is 3. The van der Waals surface area contributed by atoms with Crippen LogP contribution >= 0.6 is 0 Å². The number of hydrogen-bond acceptors (Lipinski definition) is 8. The Balaban J connectivity index is 1.96. The summed E-state index contributed by atoms with van der Waals surface area (Å²) in [6.07, 6.45) is -3.63. The van der Waals surface area contributed by atoms with Gasteiger partial charge in [-0.05, 0) is 53.9 Å². The number of alkyl halides is 3. The Morgan fingerprint density at radius 1 is 0.974 bits per heavy atom. The molecule has 4 aromatic rings. The van der Waals surface area contributed by atoms with Crippen molar-refractivity contribution >= 4 is 32.6 Å². The lowest BCUT2D eigenvalue weighted by Crippen LogP contribution is -2.22. The number of nitrogens with one attached hydrogen (secondary N) is 1. The maximum atomic E-state index is 13.9. The molecule has 2 heterocycles. The van der Waals surface area contributed by atoms with Gasteiger partial charge < -0.3 is 15.8 Å². The lowest BCUT2D eigenvalue weighted by atomic mass is 10.0. The Hall–Kier alpha value is -4.07. The summed E-state index contributed by atoms with van der Waals surface area (Å²) in [5.41, 5.74) is 6.87. The number of benzene rings is 2. The molecule has 0 bridgehead atoms. The molecule has 2 aromatic heterocycles. The van der Waals surface area contributed by atoms with Crippen molar-refractivity contribution < 1.29 is 35.1 Å². The van der Waals surface area contributed by atoms with Crippen LogP contribution in [0.5, 0.6) is 5.75 Å². The molecule has 4 rings (SSSR count). The van der Waals surface area contributed by atoms with Gasteiger partial charge in [0.2, 0.25) is 5.95 Å². The maximum Gasteiger partial charge on any atom is 0.405 e. The zero-order valence-electron chi connectivity index (χ0n) is 19.9. The van der Waals surface area contributed by atoms with Crippen LogP contribution in [0.3, 0.4) is 0 Å². The van der Waals surface area contributed by atoms with E-state index in [0.717, 1.165) is 18.4 Å². The van der Waals surface area contributed by atoms with E-state index in [4.69, 9.17) is 10.5 Å². The Morgan fingerprint density at radius 3 is 2.34 bits per heavy atom. The van der Waals surface area contributed by atoms with E-state index in [1.165, 1.54) is 37.4 Å². The van der Waals surface area contributed by atoms with Crippen molar-refractivity contribution in [1.29, 1.82) is 0 Å². The zero-order valence-corrected chi connectivity index (χ0v) is 20.7. The molecule has 0 atom stereocenters.